The van der Waals surface area contributed by atoms with Crippen molar-refractivity contribution in [1.29, 1.82) is 0 Å². The van der Waals surface area contributed by atoms with Gasteiger partial charge in [-0.2, -0.15) is 0 Å². The minimum absolute atomic E-state index is 0.310. The molecular formula is C22H37N3O2. The molecule has 1 aliphatic heterocycles. The third-order valence-electron chi connectivity index (χ3n) is 6.28. The first kappa shape index (κ1) is 20.6. The lowest BCUT2D eigenvalue weighted by molar-refractivity contribution is -0.0740. The average molecular weight is 376 g/mol. The van der Waals surface area contributed by atoms with Gasteiger partial charge in [0.1, 0.15) is 5.82 Å². The molecule has 5 nitrogen and oxygen atoms in total. The van der Waals surface area contributed by atoms with E-state index < -0.39 is 6.10 Å². The number of anilines is 1. The number of aliphatic hydroxyl groups is 1. The van der Waals surface area contributed by atoms with Gasteiger partial charge in [0.15, 0.2) is 0 Å². The van der Waals surface area contributed by atoms with Gasteiger partial charge in [0.05, 0.1) is 18.8 Å². The number of nitrogens with zero attached hydrogens (tertiary/aromatic N) is 3. The lowest BCUT2D eigenvalue weighted by Crippen LogP contribution is -2.49. The third-order valence-corrected chi connectivity index (χ3v) is 6.28. The zero-order chi connectivity index (χ0) is 19.2. The molecule has 1 aromatic rings. The van der Waals surface area contributed by atoms with Crippen LogP contribution in [0.25, 0.3) is 0 Å². The summed E-state index contributed by atoms with van der Waals surface area (Å²) in [5, 5.41) is 10.5. The molecule has 4 atom stereocenters. The maximum atomic E-state index is 10.5. The highest BCUT2D eigenvalue weighted by atomic mass is 16.5. The van der Waals surface area contributed by atoms with E-state index in [-0.39, 0.29) is 0 Å². The van der Waals surface area contributed by atoms with Crippen LogP contribution in [0.4, 0.5) is 5.82 Å². The van der Waals surface area contributed by atoms with Crippen LogP contribution in [0.5, 0.6) is 0 Å². The van der Waals surface area contributed by atoms with E-state index >= 15 is 0 Å². The van der Waals surface area contributed by atoms with Crippen LogP contribution in [-0.2, 0) is 4.74 Å². The molecule has 0 amide bonds. The van der Waals surface area contributed by atoms with Crippen molar-refractivity contribution in [3.05, 3.63) is 24.4 Å². The Hall–Kier alpha value is -1.17. The van der Waals surface area contributed by atoms with E-state index in [0.717, 1.165) is 44.3 Å². The predicted octanol–water partition coefficient (Wildman–Crippen LogP) is 3.04. The number of rotatable bonds is 7. The van der Waals surface area contributed by atoms with E-state index in [2.05, 4.69) is 41.6 Å². The van der Waals surface area contributed by atoms with E-state index in [1.165, 1.54) is 12.8 Å². The van der Waals surface area contributed by atoms with Gasteiger partial charge in [-0.15, -0.1) is 0 Å². The molecule has 2 heterocycles. The minimum atomic E-state index is -0.406. The maximum absolute atomic E-state index is 10.5. The van der Waals surface area contributed by atoms with Gasteiger partial charge in [-0.05, 0) is 42.7 Å². The summed E-state index contributed by atoms with van der Waals surface area (Å²) in [6.07, 6.45) is 5.46. The van der Waals surface area contributed by atoms with Crippen molar-refractivity contribution < 1.29 is 9.84 Å². The third kappa shape index (κ3) is 5.90. The summed E-state index contributed by atoms with van der Waals surface area (Å²) in [5.41, 5.74) is 0. The first-order valence-electron chi connectivity index (χ1n) is 10.7. The van der Waals surface area contributed by atoms with Crippen LogP contribution in [0.2, 0.25) is 0 Å². The number of ether oxygens (including phenoxy) is 1. The molecule has 27 heavy (non-hydrogen) atoms. The van der Waals surface area contributed by atoms with Gasteiger partial charge >= 0.3 is 0 Å². The molecule has 152 valence electrons. The van der Waals surface area contributed by atoms with Crippen LogP contribution >= 0.6 is 0 Å². The zero-order valence-corrected chi connectivity index (χ0v) is 17.3. The van der Waals surface area contributed by atoms with Gasteiger partial charge in [0, 0.05) is 38.9 Å². The van der Waals surface area contributed by atoms with Crippen molar-refractivity contribution in [3.63, 3.8) is 0 Å². The molecule has 5 heteroatoms. The monoisotopic (exact) mass is 375 g/mol. The predicted molar refractivity (Wildman–Crippen MR) is 110 cm³/mol. The first-order chi connectivity index (χ1) is 13.0. The summed E-state index contributed by atoms with van der Waals surface area (Å²) in [6.45, 7) is 11.9. The van der Waals surface area contributed by atoms with Crippen LogP contribution in [0, 0.1) is 17.8 Å². The lowest BCUT2D eigenvalue weighted by Gasteiger charge is -2.38. The van der Waals surface area contributed by atoms with Gasteiger partial charge in [-0.25, -0.2) is 4.98 Å². The van der Waals surface area contributed by atoms with Gasteiger partial charge in [-0.1, -0.05) is 33.3 Å². The smallest absolute Gasteiger partial charge is 0.128 e. The summed E-state index contributed by atoms with van der Waals surface area (Å²) in [7, 11) is 0. The van der Waals surface area contributed by atoms with Crippen molar-refractivity contribution >= 4 is 5.82 Å². The molecular weight excluding hydrogens is 338 g/mol. The molecule has 0 unspecified atom stereocenters. The molecule has 0 bridgehead atoms. The van der Waals surface area contributed by atoms with Crippen molar-refractivity contribution in [2.45, 2.75) is 52.2 Å². The first-order valence-corrected chi connectivity index (χ1v) is 10.7. The number of pyridine rings is 1. The van der Waals surface area contributed by atoms with E-state index in [9.17, 15) is 5.11 Å². The van der Waals surface area contributed by atoms with Crippen molar-refractivity contribution in [3.8, 4) is 0 Å². The molecule has 1 saturated carbocycles. The van der Waals surface area contributed by atoms with E-state index in [0.29, 0.717) is 31.1 Å². The average Bonchev–Trinajstić information content (AvgIpc) is 2.67. The molecule has 1 aromatic heterocycles. The van der Waals surface area contributed by atoms with Crippen molar-refractivity contribution in [2.75, 3.05) is 44.2 Å². The molecule has 2 aliphatic rings. The second kappa shape index (κ2) is 9.85. The fourth-order valence-corrected chi connectivity index (χ4v) is 4.59. The Kier molecular flexibility index (Phi) is 7.50. The summed E-state index contributed by atoms with van der Waals surface area (Å²) < 4.78 is 6.22. The number of aliphatic hydroxyl groups excluding tert-OH is 1. The Morgan fingerprint density at radius 1 is 1.19 bits per heavy atom. The van der Waals surface area contributed by atoms with Gasteiger partial charge in [0.25, 0.3) is 0 Å². The van der Waals surface area contributed by atoms with Crippen LogP contribution < -0.4 is 4.90 Å². The summed E-state index contributed by atoms with van der Waals surface area (Å²) >= 11 is 0. The molecule has 0 spiro atoms. The molecule has 1 saturated heterocycles. The second-order valence-corrected chi connectivity index (χ2v) is 8.83. The highest BCUT2D eigenvalue weighted by Gasteiger charge is 2.32. The molecule has 1 aliphatic carbocycles. The van der Waals surface area contributed by atoms with E-state index in [4.69, 9.17) is 4.74 Å². The second-order valence-electron chi connectivity index (χ2n) is 8.83. The molecule has 1 N–H and O–H groups in total. The minimum Gasteiger partial charge on any atom is -0.389 e. The Morgan fingerprint density at radius 2 is 1.96 bits per heavy atom. The van der Waals surface area contributed by atoms with E-state index in [1.54, 1.807) is 0 Å². The standard InChI is InChI=1S/C22H37N3O2/c1-17(2)20-8-7-18(3)14-21(20)27-16-19(26)15-24-10-12-25(13-11-24)22-6-4-5-9-23-22/h4-6,9,17-21,26H,7-8,10-16H2,1-3H3/t18-,19-,20+,21-/m1/s1. The van der Waals surface area contributed by atoms with Crippen molar-refractivity contribution in [1.82, 2.24) is 9.88 Å². The number of β-amino-alcohol motifs (C(OH)–C–C–N with tert-alkyl or cyclic N) is 1. The molecule has 2 fully saturated rings. The quantitative estimate of drug-likeness (QED) is 0.794. The number of hydrogen-bond acceptors (Lipinski definition) is 5. The van der Waals surface area contributed by atoms with Gasteiger partial charge in [0.2, 0.25) is 0 Å². The van der Waals surface area contributed by atoms with Crippen LogP contribution in [0.15, 0.2) is 24.4 Å². The van der Waals surface area contributed by atoms with Crippen molar-refractivity contribution in [2.24, 2.45) is 17.8 Å². The molecule has 0 radical (unpaired) electrons. The lowest BCUT2D eigenvalue weighted by atomic mass is 9.75. The fourth-order valence-electron chi connectivity index (χ4n) is 4.59. The Balaban J connectivity index is 1.40. The van der Waals surface area contributed by atoms with Crippen LogP contribution in [0.3, 0.4) is 0 Å². The normalized spacial score (nSPS) is 28.5. The molecule has 0 aromatic carbocycles. The van der Waals surface area contributed by atoms with Crippen LogP contribution in [-0.4, -0.2) is 66.5 Å². The van der Waals surface area contributed by atoms with Crippen LogP contribution in [0.1, 0.15) is 40.0 Å². The Bertz CT molecular complexity index is 546. The van der Waals surface area contributed by atoms with Gasteiger partial charge < -0.3 is 14.7 Å². The zero-order valence-electron chi connectivity index (χ0n) is 17.3. The van der Waals surface area contributed by atoms with E-state index in [1.807, 2.05) is 18.3 Å². The maximum Gasteiger partial charge on any atom is 0.128 e. The highest BCUT2D eigenvalue weighted by Crippen LogP contribution is 2.35. The molecule has 3 rings (SSSR count). The summed E-state index contributed by atoms with van der Waals surface area (Å²) in [5.74, 6) is 3.07. The SMILES string of the molecule is CC(C)[C@@H]1CC[C@@H](C)C[C@H]1OC[C@H](O)CN1CCN(c2ccccn2)CC1. The fraction of sp³-hybridized carbons (Fsp3) is 0.773. The largest absolute Gasteiger partial charge is 0.389 e. The Morgan fingerprint density at radius 3 is 2.63 bits per heavy atom. The van der Waals surface area contributed by atoms with Gasteiger partial charge in [-0.3, -0.25) is 4.90 Å². The summed E-state index contributed by atoms with van der Waals surface area (Å²) in [4.78, 5) is 9.09. The number of piperazine rings is 1. The topological polar surface area (TPSA) is 48.8 Å². The number of aromatic nitrogens is 1. The Labute approximate surface area is 164 Å². The number of hydrogen-bond donors (Lipinski definition) is 1. The summed E-state index contributed by atoms with van der Waals surface area (Å²) in [6, 6.07) is 6.05. The highest BCUT2D eigenvalue weighted by molar-refractivity contribution is 5.38.